The first-order chi connectivity index (χ1) is 7.40. The van der Waals surface area contributed by atoms with E-state index in [2.05, 4.69) is 11.4 Å². The van der Waals surface area contributed by atoms with E-state index in [1.54, 1.807) is 0 Å². The van der Waals surface area contributed by atoms with E-state index in [9.17, 15) is 0 Å². The molecule has 1 fully saturated rings. The van der Waals surface area contributed by atoms with Gasteiger partial charge in [-0.1, -0.05) is 18.2 Å². The number of allylic oxidation sites excluding steroid dienone is 1. The fourth-order valence-electron chi connectivity index (χ4n) is 1.88. The van der Waals surface area contributed by atoms with Crippen LogP contribution >= 0.6 is 0 Å². The van der Waals surface area contributed by atoms with Crippen LogP contribution in [0.1, 0.15) is 19.8 Å². The molecule has 1 heterocycles. The van der Waals surface area contributed by atoms with Crippen molar-refractivity contribution in [1.29, 1.82) is 0 Å². The molecule has 0 spiro atoms. The fourth-order valence-corrected chi connectivity index (χ4v) is 1.88. The van der Waals surface area contributed by atoms with Crippen molar-refractivity contribution in [3.05, 3.63) is 42.2 Å². The van der Waals surface area contributed by atoms with Crippen LogP contribution in [0.5, 0.6) is 5.75 Å². The van der Waals surface area contributed by atoms with Gasteiger partial charge in [0.15, 0.2) is 0 Å². The van der Waals surface area contributed by atoms with Gasteiger partial charge in [-0.3, -0.25) is 0 Å². The third-order valence-corrected chi connectivity index (χ3v) is 2.67. The summed E-state index contributed by atoms with van der Waals surface area (Å²) in [6, 6.07) is 10.3. The molecule has 1 aliphatic rings. The number of para-hydroxylation sites is 1. The Hall–Kier alpha value is -1.28. The Morgan fingerprint density at radius 2 is 2.20 bits per heavy atom. The van der Waals surface area contributed by atoms with Gasteiger partial charge in [-0.25, -0.2) is 0 Å². The summed E-state index contributed by atoms with van der Waals surface area (Å²) in [6.07, 6.45) is 4.46. The summed E-state index contributed by atoms with van der Waals surface area (Å²) in [5.74, 6) is 1.96. The maximum Gasteiger partial charge on any atom is 0.127 e. The van der Waals surface area contributed by atoms with Gasteiger partial charge in [-0.15, -0.1) is 0 Å². The van der Waals surface area contributed by atoms with Crippen LogP contribution in [0.15, 0.2) is 42.2 Å². The van der Waals surface area contributed by atoms with Crippen molar-refractivity contribution in [2.45, 2.75) is 25.8 Å². The van der Waals surface area contributed by atoms with Crippen molar-refractivity contribution < 1.29 is 4.74 Å². The summed E-state index contributed by atoms with van der Waals surface area (Å²) in [4.78, 5) is 0. The largest absolute Gasteiger partial charge is 0.460 e. The quantitative estimate of drug-likeness (QED) is 0.763. The van der Waals surface area contributed by atoms with E-state index in [-0.39, 0.29) is 0 Å². The van der Waals surface area contributed by atoms with Crippen molar-refractivity contribution in [3.8, 4) is 5.75 Å². The van der Waals surface area contributed by atoms with E-state index >= 15 is 0 Å². The lowest BCUT2D eigenvalue weighted by molar-refractivity contribution is 0.369. The standard InChI is InChI=1S/C13H17NO/c1-2-13(12-9-6-10-14-12)15-11-7-4-3-5-8-11/h2-5,7-8,12,14H,6,9-10H2,1H3. The molecule has 1 aromatic rings. The summed E-state index contributed by atoms with van der Waals surface area (Å²) >= 11 is 0. The molecular formula is C13H17NO. The van der Waals surface area contributed by atoms with Crippen LogP contribution in [0.2, 0.25) is 0 Å². The minimum Gasteiger partial charge on any atom is -0.460 e. The van der Waals surface area contributed by atoms with Gasteiger partial charge < -0.3 is 10.1 Å². The van der Waals surface area contributed by atoms with E-state index < -0.39 is 0 Å². The highest BCUT2D eigenvalue weighted by Crippen LogP contribution is 2.19. The maximum absolute atomic E-state index is 5.85. The van der Waals surface area contributed by atoms with E-state index in [0.717, 1.165) is 18.1 Å². The number of hydrogen-bond acceptors (Lipinski definition) is 2. The van der Waals surface area contributed by atoms with Crippen molar-refractivity contribution >= 4 is 0 Å². The molecule has 1 unspecified atom stereocenters. The van der Waals surface area contributed by atoms with Crippen molar-refractivity contribution in [2.24, 2.45) is 0 Å². The molecule has 0 bridgehead atoms. The Bertz CT molecular complexity index is 326. The predicted molar refractivity (Wildman–Crippen MR) is 61.9 cm³/mol. The summed E-state index contributed by atoms with van der Waals surface area (Å²) < 4.78 is 5.85. The van der Waals surface area contributed by atoms with Crippen molar-refractivity contribution in [3.63, 3.8) is 0 Å². The second kappa shape index (κ2) is 4.99. The van der Waals surface area contributed by atoms with Crippen LogP contribution in [-0.4, -0.2) is 12.6 Å². The fraction of sp³-hybridized carbons (Fsp3) is 0.385. The average molecular weight is 203 g/mol. The SMILES string of the molecule is CC=C(Oc1ccccc1)C1CCCN1. The molecule has 1 saturated heterocycles. The zero-order valence-electron chi connectivity index (χ0n) is 9.07. The molecule has 0 radical (unpaired) electrons. The Morgan fingerprint density at radius 1 is 1.40 bits per heavy atom. The van der Waals surface area contributed by atoms with E-state index in [0.29, 0.717) is 6.04 Å². The average Bonchev–Trinajstić information content (AvgIpc) is 2.81. The summed E-state index contributed by atoms with van der Waals surface area (Å²) in [6.45, 7) is 3.12. The van der Waals surface area contributed by atoms with Gasteiger partial charge in [0, 0.05) is 0 Å². The molecule has 0 aromatic heterocycles. The summed E-state index contributed by atoms with van der Waals surface area (Å²) in [5, 5.41) is 3.43. The van der Waals surface area contributed by atoms with Crippen molar-refractivity contribution in [2.75, 3.05) is 6.54 Å². The van der Waals surface area contributed by atoms with Gasteiger partial charge in [-0.2, -0.15) is 0 Å². The highest BCUT2D eigenvalue weighted by Gasteiger charge is 2.19. The van der Waals surface area contributed by atoms with Gasteiger partial charge in [0.25, 0.3) is 0 Å². The molecule has 1 N–H and O–H groups in total. The molecule has 15 heavy (non-hydrogen) atoms. The Kier molecular flexibility index (Phi) is 3.41. The van der Waals surface area contributed by atoms with Crippen LogP contribution in [0.3, 0.4) is 0 Å². The third kappa shape index (κ3) is 2.60. The Morgan fingerprint density at radius 3 is 2.80 bits per heavy atom. The lowest BCUT2D eigenvalue weighted by atomic mass is 10.2. The van der Waals surface area contributed by atoms with E-state index in [1.807, 2.05) is 37.3 Å². The zero-order valence-corrected chi connectivity index (χ0v) is 9.07. The van der Waals surface area contributed by atoms with Crippen LogP contribution in [0.4, 0.5) is 0 Å². The smallest absolute Gasteiger partial charge is 0.127 e. The molecule has 1 aromatic carbocycles. The highest BCUT2D eigenvalue weighted by molar-refractivity contribution is 5.24. The van der Waals surface area contributed by atoms with Crippen LogP contribution in [-0.2, 0) is 0 Å². The molecule has 1 aliphatic heterocycles. The van der Waals surface area contributed by atoms with Gasteiger partial charge in [0.1, 0.15) is 11.5 Å². The number of hydrogen-bond donors (Lipinski definition) is 1. The lowest BCUT2D eigenvalue weighted by Crippen LogP contribution is -2.26. The van der Waals surface area contributed by atoms with Crippen LogP contribution in [0.25, 0.3) is 0 Å². The summed E-state index contributed by atoms with van der Waals surface area (Å²) in [5.41, 5.74) is 0. The number of nitrogens with one attached hydrogen (secondary N) is 1. The first-order valence-corrected chi connectivity index (χ1v) is 5.52. The number of ether oxygens (including phenoxy) is 1. The lowest BCUT2D eigenvalue weighted by Gasteiger charge is -2.15. The van der Waals surface area contributed by atoms with Gasteiger partial charge in [0.2, 0.25) is 0 Å². The number of benzene rings is 1. The normalized spacial score (nSPS) is 21.7. The first kappa shape index (κ1) is 10.2. The Labute approximate surface area is 91.0 Å². The third-order valence-electron chi connectivity index (χ3n) is 2.67. The van der Waals surface area contributed by atoms with E-state index in [1.165, 1.54) is 12.8 Å². The molecule has 2 nitrogen and oxygen atoms in total. The highest BCUT2D eigenvalue weighted by atomic mass is 16.5. The van der Waals surface area contributed by atoms with Crippen LogP contribution < -0.4 is 10.1 Å². The molecule has 2 rings (SSSR count). The second-order valence-corrected chi connectivity index (χ2v) is 3.76. The van der Waals surface area contributed by atoms with E-state index in [4.69, 9.17) is 4.74 Å². The molecule has 0 aliphatic carbocycles. The predicted octanol–water partition coefficient (Wildman–Crippen LogP) is 2.72. The molecule has 1 atom stereocenters. The topological polar surface area (TPSA) is 21.3 Å². The molecule has 0 amide bonds. The minimum absolute atomic E-state index is 0.398. The summed E-state index contributed by atoms with van der Waals surface area (Å²) in [7, 11) is 0. The number of rotatable bonds is 3. The van der Waals surface area contributed by atoms with Gasteiger partial charge in [-0.05, 0) is 44.5 Å². The monoisotopic (exact) mass is 203 g/mol. The molecular weight excluding hydrogens is 186 g/mol. The minimum atomic E-state index is 0.398. The molecule has 80 valence electrons. The van der Waals surface area contributed by atoms with Gasteiger partial charge >= 0.3 is 0 Å². The zero-order chi connectivity index (χ0) is 10.5. The molecule has 0 saturated carbocycles. The molecule has 2 heteroatoms. The van der Waals surface area contributed by atoms with Crippen LogP contribution in [0, 0.1) is 0 Å². The maximum atomic E-state index is 5.85. The Balaban J connectivity index is 2.03. The second-order valence-electron chi connectivity index (χ2n) is 3.76. The first-order valence-electron chi connectivity index (χ1n) is 5.52. The van der Waals surface area contributed by atoms with Gasteiger partial charge in [0.05, 0.1) is 6.04 Å². The van der Waals surface area contributed by atoms with Crippen molar-refractivity contribution in [1.82, 2.24) is 5.32 Å².